The smallest absolute Gasteiger partial charge is 0.123 e. The van der Waals surface area contributed by atoms with Gasteiger partial charge in [-0.15, -0.1) is 0 Å². The van der Waals surface area contributed by atoms with E-state index in [1.807, 2.05) is 24.5 Å². The van der Waals surface area contributed by atoms with Gasteiger partial charge in [-0.1, -0.05) is 18.2 Å². The molecule has 0 N–H and O–H groups in total. The topological polar surface area (TPSA) is 29.0 Å². The molecule has 0 radical (unpaired) electrons. The summed E-state index contributed by atoms with van der Waals surface area (Å²) < 4.78 is 13.1. The molecule has 138 valence electrons. The van der Waals surface area contributed by atoms with Crippen LogP contribution < -0.4 is 0 Å². The molecule has 0 amide bonds. The lowest BCUT2D eigenvalue weighted by atomic mass is 9.93. The molecule has 0 aliphatic carbocycles. The summed E-state index contributed by atoms with van der Waals surface area (Å²) in [5, 5.41) is 0. The molecule has 1 saturated heterocycles. The molecule has 1 fully saturated rings. The van der Waals surface area contributed by atoms with Gasteiger partial charge in [-0.25, -0.2) is 4.39 Å². The Labute approximate surface area is 159 Å². The first kappa shape index (κ1) is 17.8. The first-order chi connectivity index (χ1) is 13.3. The fraction of sp³-hybridized carbons (Fsp3) is 0.304. The van der Waals surface area contributed by atoms with E-state index < -0.39 is 0 Å². The Morgan fingerprint density at radius 1 is 0.963 bits per heavy atom. The Bertz CT molecular complexity index is 864. The lowest BCUT2D eigenvalue weighted by Crippen LogP contribution is -2.34. The number of benzene rings is 1. The Balaban J connectivity index is 1.43. The number of piperidine rings is 1. The van der Waals surface area contributed by atoms with Crippen molar-refractivity contribution in [2.75, 3.05) is 13.1 Å². The molecule has 4 rings (SSSR count). The number of nitrogens with zero attached hydrogens (tertiary/aromatic N) is 3. The SMILES string of the molecule is Fc1ccc(Cc2cccc([C@H]3CCCN(Cc4ccncc4)C3)n2)cc1. The predicted octanol–water partition coefficient (Wildman–Crippen LogP) is 4.59. The van der Waals surface area contributed by atoms with Crippen molar-refractivity contribution in [1.29, 1.82) is 0 Å². The summed E-state index contributed by atoms with van der Waals surface area (Å²) >= 11 is 0. The molecule has 27 heavy (non-hydrogen) atoms. The van der Waals surface area contributed by atoms with E-state index in [4.69, 9.17) is 4.98 Å². The van der Waals surface area contributed by atoms with Gasteiger partial charge >= 0.3 is 0 Å². The minimum absolute atomic E-state index is 0.197. The average Bonchev–Trinajstić information content (AvgIpc) is 2.71. The Kier molecular flexibility index (Phi) is 5.54. The van der Waals surface area contributed by atoms with E-state index in [-0.39, 0.29) is 5.82 Å². The maximum atomic E-state index is 13.1. The molecule has 3 nitrogen and oxygen atoms in total. The van der Waals surface area contributed by atoms with Crippen molar-refractivity contribution in [3.05, 3.63) is 95.3 Å². The molecule has 0 spiro atoms. The van der Waals surface area contributed by atoms with Crippen LogP contribution in [0, 0.1) is 5.82 Å². The third-order valence-electron chi connectivity index (χ3n) is 5.21. The summed E-state index contributed by atoms with van der Waals surface area (Å²) in [6.45, 7) is 3.14. The van der Waals surface area contributed by atoms with Crippen LogP contribution in [0.5, 0.6) is 0 Å². The highest BCUT2D eigenvalue weighted by Gasteiger charge is 2.22. The molecule has 0 bridgehead atoms. The summed E-state index contributed by atoms with van der Waals surface area (Å²) in [6, 6.07) is 17.2. The standard InChI is InChI=1S/C23H24FN3/c24-21-8-6-18(7-9-21)15-22-4-1-5-23(26-22)20-3-2-14-27(17-20)16-19-10-12-25-13-11-19/h1,4-13,20H,2-3,14-17H2/t20-/m0/s1. The molecule has 3 aromatic rings. The van der Waals surface area contributed by atoms with Crippen molar-refractivity contribution in [3.63, 3.8) is 0 Å². The van der Waals surface area contributed by atoms with Crippen molar-refractivity contribution in [2.45, 2.75) is 31.7 Å². The van der Waals surface area contributed by atoms with Crippen LogP contribution in [0.1, 0.15) is 41.3 Å². The third kappa shape index (κ3) is 4.77. The molecule has 1 aliphatic heterocycles. The van der Waals surface area contributed by atoms with Crippen LogP contribution in [0.4, 0.5) is 4.39 Å². The Morgan fingerprint density at radius 3 is 2.59 bits per heavy atom. The van der Waals surface area contributed by atoms with Crippen LogP contribution in [0.25, 0.3) is 0 Å². The van der Waals surface area contributed by atoms with Gasteiger partial charge in [-0.2, -0.15) is 0 Å². The number of hydrogen-bond acceptors (Lipinski definition) is 3. The summed E-state index contributed by atoms with van der Waals surface area (Å²) in [7, 11) is 0. The molecule has 0 saturated carbocycles. The van der Waals surface area contributed by atoms with Crippen LogP contribution in [-0.2, 0) is 13.0 Å². The highest BCUT2D eigenvalue weighted by atomic mass is 19.1. The molecule has 1 aliphatic rings. The largest absolute Gasteiger partial charge is 0.298 e. The normalized spacial score (nSPS) is 17.7. The second kappa shape index (κ2) is 8.40. The van der Waals surface area contributed by atoms with Gasteiger partial charge in [0.25, 0.3) is 0 Å². The lowest BCUT2D eigenvalue weighted by molar-refractivity contribution is 0.198. The fourth-order valence-electron chi connectivity index (χ4n) is 3.82. The number of aromatic nitrogens is 2. The number of halogens is 1. The van der Waals surface area contributed by atoms with Crippen LogP contribution in [0.3, 0.4) is 0 Å². The predicted molar refractivity (Wildman–Crippen MR) is 105 cm³/mol. The van der Waals surface area contributed by atoms with Crippen molar-refractivity contribution < 1.29 is 4.39 Å². The molecule has 2 aromatic heterocycles. The van der Waals surface area contributed by atoms with Gasteiger partial charge in [0.05, 0.1) is 0 Å². The van der Waals surface area contributed by atoms with Crippen molar-refractivity contribution in [3.8, 4) is 0 Å². The monoisotopic (exact) mass is 361 g/mol. The van der Waals surface area contributed by atoms with E-state index in [0.717, 1.165) is 37.3 Å². The molecule has 0 unspecified atom stereocenters. The van der Waals surface area contributed by atoms with Gasteiger partial charge in [0.1, 0.15) is 5.82 Å². The van der Waals surface area contributed by atoms with E-state index in [2.05, 4.69) is 40.2 Å². The summed E-state index contributed by atoms with van der Waals surface area (Å²) in [4.78, 5) is 11.5. The third-order valence-corrected chi connectivity index (χ3v) is 5.21. The maximum Gasteiger partial charge on any atom is 0.123 e. The molecule has 1 atom stereocenters. The number of likely N-dealkylation sites (tertiary alicyclic amines) is 1. The Hall–Kier alpha value is -2.59. The van der Waals surface area contributed by atoms with Gasteiger partial charge in [0.2, 0.25) is 0 Å². The summed E-state index contributed by atoms with van der Waals surface area (Å²) in [5.41, 5.74) is 4.62. The van der Waals surface area contributed by atoms with E-state index >= 15 is 0 Å². The van der Waals surface area contributed by atoms with E-state index in [9.17, 15) is 4.39 Å². The van der Waals surface area contributed by atoms with Crippen LogP contribution in [0.15, 0.2) is 67.0 Å². The average molecular weight is 361 g/mol. The number of pyridine rings is 2. The zero-order valence-corrected chi connectivity index (χ0v) is 15.4. The van der Waals surface area contributed by atoms with E-state index in [0.29, 0.717) is 5.92 Å². The first-order valence-corrected chi connectivity index (χ1v) is 9.58. The van der Waals surface area contributed by atoms with Crippen molar-refractivity contribution in [2.24, 2.45) is 0 Å². The zero-order valence-electron chi connectivity index (χ0n) is 15.4. The Morgan fingerprint density at radius 2 is 1.78 bits per heavy atom. The van der Waals surface area contributed by atoms with E-state index in [1.54, 1.807) is 0 Å². The molecular formula is C23H24FN3. The van der Waals surface area contributed by atoms with Crippen molar-refractivity contribution in [1.82, 2.24) is 14.9 Å². The zero-order chi connectivity index (χ0) is 18.5. The minimum atomic E-state index is -0.197. The second-order valence-corrected chi connectivity index (χ2v) is 7.29. The number of hydrogen-bond donors (Lipinski definition) is 0. The number of rotatable bonds is 5. The lowest BCUT2D eigenvalue weighted by Gasteiger charge is -2.32. The quantitative estimate of drug-likeness (QED) is 0.666. The summed E-state index contributed by atoms with van der Waals surface area (Å²) in [6.07, 6.45) is 6.83. The van der Waals surface area contributed by atoms with Gasteiger partial charge in [-0.05, 0) is 66.9 Å². The van der Waals surface area contributed by atoms with Crippen LogP contribution >= 0.6 is 0 Å². The first-order valence-electron chi connectivity index (χ1n) is 9.58. The van der Waals surface area contributed by atoms with Crippen LogP contribution in [-0.4, -0.2) is 28.0 Å². The molecule has 4 heteroatoms. The minimum Gasteiger partial charge on any atom is -0.298 e. The molecule has 1 aromatic carbocycles. The maximum absolute atomic E-state index is 13.1. The fourth-order valence-corrected chi connectivity index (χ4v) is 3.82. The van der Waals surface area contributed by atoms with E-state index in [1.165, 1.54) is 36.2 Å². The highest BCUT2D eigenvalue weighted by Crippen LogP contribution is 2.27. The molecule has 3 heterocycles. The van der Waals surface area contributed by atoms with Crippen LogP contribution in [0.2, 0.25) is 0 Å². The molecular weight excluding hydrogens is 337 g/mol. The van der Waals surface area contributed by atoms with Gasteiger partial charge in [-0.3, -0.25) is 14.9 Å². The second-order valence-electron chi connectivity index (χ2n) is 7.29. The van der Waals surface area contributed by atoms with Gasteiger partial charge in [0.15, 0.2) is 0 Å². The summed E-state index contributed by atoms with van der Waals surface area (Å²) in [5.74, 6) is 0.269. The van der Waals surface area contributed by atoms with Gasteiger partial charge in [0, 0.05) is 49.2 Å². The highest BCUT2D eigenvalue weighted by molar-refractivity contribution is 5.24. The van der Waals surface area contributed by atoms with Gasteiger partial charge < -0.3 is 0 Å². The van der Waals surface area contributed by atoms with Crippen molar-refractivity contribution >= 4 is 0 Å².